The maximum Gasteiger partial charge on any atom is 0.440 e. The first-order valence-electron chi connectivity index (χ1n) is 8.51. The molecule has 1 heterocycles. The van der Waals surface area contributed by atoms with E-state index >= 15 is 0 Å². The van der Waals surface area contributed by atoms with Gasteiger partial charge in [-0.3, -0.25) is 10.1 Å². The van der Waals surface area contributed by atoms with Gasteiger partial charge in [0.25, 0.3) is 5.60 Å². The molecule has 0 aromatic carbocycles. The van der Waals surface area contributed by atoms with Crippen LogP contribution in [0.25, 0.3) is 0 Å². The number of hydrogen-bond acceptors (Lipinski definition) is 5. The minimum Gasteiger partial charge on any atom is -0.458 e. The van der Waals surface area contributed by atoms with Crippen LogP contribution in [0.1, 0.15) is 27.7 Å². The normalized spacial score (nSPS) is 22.6. The van der Waals surface area contributed by atoms with E-state index in [-0.39, 0.29) is 5.32 Å². The fourth-order valence-electron chi connectivity index (χ4n) is 2.67. The summed E-state index contributed by atoms with van der Waals surface area (Å²) < 4.78 is 167. The molecule has 0 aromatic rings. The van der Waals surface area contributed by atoms with Gasteiger partial charge in [-0.2, -0.15) is 52.7 Å². The molecule has 33 heavy (non-hydrogen) atoms. The fraction of sp³-hybridized carbons (Fsp3) is 0.867. The smallest absolute Gasteiger partial charge is 0.440 e. The average Bonchev–Trinajstić information content (AvgIpc) is 2.91. The summed E-state index contributed by atoms with van der Waals surface area (Å²) in [5.41, 5.74) is -13.8. The molecule has 0 spiro atoms. The maximum absolute atomic E-state index is 13.5. The average molecular weight is 516 g/mol. The Morgan fingerprint density at radius 2 is 1.24 bits per heavy atom. The molecule has 0 saturated carbocycles. The predicted octanol–water partition coefficient (Wildman–Crippen LogP) is 3.51. The standard InChI is InChI=1S/C15H16F12N2O4/c1-5(8(31)32-9(2,3)4)28-7(30)6-10(12(16,17)18,13(19,20)21)33-11(29-6,14(22,23)24)15(25,26)27/h5-6,29H,1-4H3,(H,28,30)/t5-,6?/m0/s1. The van der Waals surface area contributed by atoms with E-state index in [2.05, 4.69) is 9.47 Å². The molecular formula is C15H16F12N2O4. The number of ether oxygens (including phenoxy) is 2. The van der Waals surface area contributed by atoms with Crippen molar-refractivity contribution in [3.05, 3.63) is 0 Å². The third-order valence-corrected chi connectivity index (χ3v) is 4.09. The molecule has 1 saturated heterocycles. The molecule has 2 N–H and O–H groups in total. The van der Waals surface area contributed by atoms with Crippen LogP contribution in [0.15, 0.2) is 0 Å². The highest BCUT2D eigenvalue weighted by molar-refractivity contribution is 5.89. The van der Waals surface area contributed by atoms with Crippen LogP contribution >= 0.6 is 0 Å². The molecule has 1 fully saturated rings. The zero-order valence-electron chi connectivity index (χ0n) is 16.8. The molecule has 0 aromatic heterocycles. The summed E-state index contributed by atoms with van der Waals surface area (Å²) >= 11 is 0. The number of carbonyl (C=O) groups is 2. The van der Waals surface area contributed by atoms with Crippen LogP contribution in [0.5, 0.6) is 0 Å². The Bertz CT molecular complexity index is 735. The number of alkyl halides is 12. The zero-order chi connectivity index (χ0) is 26.6. The number of rotatable bonds is 3. The van der Waals surface area contributed by atoms with E-state index in [1.807, 2.05) is 0 Å². The number of hydrogen-bond donors (Lipinski definition) is 2. The van der Waals surface area contributed by atoms with Crippen LogP contribution in [0.4, 0.5) is 52.7 Å². The first-order chi connectivity index (χ1) is 14.2. The Labute approximate surface area is 176 Å². The van der Waals surface area contributed by atoms with Crippen molar-refractivity contribution in [2.45, 2.75) is 81.4 Å². The van der Waals surface area contributed by atoms with E-state index in [4.69, 9.17) is 0 Å². The second kappa shape index (κ2) is 8.06. The minimum atomic E-state index is -7.02. The van der Waals surface area contributed by atoms with E-state index in [0.717, 1.165) is 0 Å². The van der Waals surface area contributed by atoms with Gasteiger partial charge >= 0.3 is 36.4 Å². The monoisotopic (exact) mass is 516 g/mol. The molecule has 0 bridgehead atoms. The van der Waals surface area contributed by atoms with Crippen LogP contribution in [-0.4, -0.2) is 65.6 Å². The van der Waals surface area contributed by atoms with E-state index in [0.29, 0.717) is 6.92 Å². The molecule has 1 amide bonds. The Morgan fingerprint density at radius 3 is 1.55 bits per heavy atom. The summed E-state index contributed by atoms with van der Waals surface area (Å²) in [7, 11) is 0. The highest BCUT2D eigenvalue weighted by atomic mass is 19.4. The third kappa shape index (κ3) is 5.09. The maximum atomic E-state index is 13.5. The summed E-state index contributed by atoms with van der Waals surface area (Å²) in [6, 6.07) is -6.45. The first kappa shape index (κ1) is 29.1. The Hall–Kier alpha value is -1.98. The second-order valence-corrected chi connectivity index (χ2v) is 7.85. The molecule has 1 aliphatic heterocycles. The van der Waals surface area contributed by atoms with Crippen molar-refractivity contribution in [1.29, 1.82) is 0 Å². The molecule has 0 radical (unpaired) electrons. The van der Waals surface area contributed by atoms with Crippen LogP contribution in [0, 0.1) is 0 Å². The van der Waals surface area contributed by atoms with Gasteiger partial charge in [-0.05, 0) is 27.7 Å². The van der Waals surface area contributed by atoms with Crippen LogP contribution in [0.3, 0.4) is 0 Å². The topological polar surface area (TPSA) is 76.7 Å². The summed E-state index contributed by atoms with van der Waals surface area (Å²) in [4.78, 5) is 24.0. The lowest BCUT2D eigenvalue weighted by Gasteiger charge is -2.38. The van der Waals surface area contributed by atoms with Crippen LogP contribution in [-0.2, 0) is 19.1 Å². The lowest BCUT2D eigenvalue weighted by Crippen LogP contribution is -2.68. The van der Waals surface area contributed by atoms with E-state index < -0.39 is 65.6 Å². The van der Waals surface area contributed by atoms with Gasteiger partial charge in [0.2, 0.25) is 5.91 Å². The molecule has 18 heteroatoms. The largest absolute Gasteiger partial charge is 0.458 e. The molecule has 2 atom stereocenters. The van der Waals surface area contributed by atoms with Gasteiger partial charge < -0.3 is 14.8 Å². The number of nitrogens with one attached hydrogen (secondary N) is 2. The van der Waals surface area contributed by atoms with Gasteiger partial charge in [0.1, 0.15) is 17.7 Å². The molecule has 194 valence electrons. The highest BCUT2D eigenvalue weighted by Gasteiger charge is 2.90. The van der Waals surface area contributed by atoms with Gasteiger partial charge in [0.05, 0.1) is 0 Å². The lowest BCUT2D eigenvalue weighted by molar-refractivity contribution is -0.444. The van der Waals surface area contributed by atoms with Gasteiger partial charge in [-0.25, -0.2) is 4.79 Å². The Balaban J connectivity index is 3.65. The quantitative estimate of drug-likeness (QED) is 0.444. The van der Waals surface area contributed by atoms with Gasteiger partial charge in [-0.15, -0.1) is 0 Å². The molecule has 1 aliphatic rings. The minimum absolute atomic E-state index is 0.00432. The molecule has 0 aliphatic carbocycles. The summed E-state index contributed by atoms with van der Waals surface area (Å²) in [6.07, 6.45) is -27.9. The number of carbonyl (C=O) groups excluding carboxylic acids is 2. The molecular weight excluding hydrogens is 500 g/mol. The number of amides is 1. The van der Waals surface area contributed by atoms with Crippen molar-refractivity contribution in [2.24, 2.45) is 0 Å². The van der Waals surface area contributed by atoms with Gasteiger partial charge in [0.15, 0.2) is 0 Å². The van der Waals surface area contributed by atoms with E-state index in [9.17, 15) is 62.3 Å². The molecule has 1 unspecified atom stereocenters. The summed E-state index contributed by atoms with van der Waals surface area (Å²) in [5, 5.41) is 1.20. The van der Waals surface area contributed by atoms with Crippen molar-refractivity contribution < 1.29 is 71.7 Å². The first-order valence-corrected chi connectivity index (χ1v) is 8.51. The van der Waals surface area contributed by atoms with Crippen molar-refractivity contribution in [2.75, 3.05) is 0 Å². The van der Waals surface area contributed by atoms with Crippen molar-refractivity contribution in [3.63, 3.8) is 0 Å². The molecule has 6 nitrogen and oxygen atoms in total. The predicted molar refractivity (Wildman–Crippen MR) is 81.1 cm³/mol. The SMILES string of the molecule is C[C@H](NC(=O)C1NC(C(F)(F)F)(C(F)(F)F)OC1(C(F)(F)F)C(F)(F)F)C(=O)OC(C)(C)C. The highest BCUT2D eigenvalue weighted by Crippen LogP contribution is 2.59. The number of esters is 1. The lowest BCUT2D eigenvalue weighted by atomic mass is 9.92. The van der Waals surface area contributed by atoms with E-state index in [1.165, 1.54) is 26.1 Å². The fourth-order valence-corrected chi connectivity index (χ4v) is 2.67. The van der Waals surface area contributed by atoms with Gasteiger partial charge in [0, 0.05) is 0 Å². The summed E-state index contributed by atoms with van der Waals surface area (Å²) in [5.74, 6) is -4.16. The Kier molecular flexibility index (Phi) is 7.09. The van der Waals surface area contributed by atoms with Crippen LogP contribution < -0.4 is 10.6 Å². The third-order valence-electron chi connectivity index (χ3n) is 4.09. The van der Waals surface area contributed by atoms with Gasteiger partial charge in [-0.1, -0.05) is 0 Å². The van der Waals surface area contributed by atoms with Crippen LogP contribution in [0.2, 0.25) is 0 Å². The van der Waals surface area contributed by atoms with Crippen molar-refractivity contribution >= 4 is 11.9 Å². The number of halogens is 12. The van der Waals surface area contributed by atoms with E-state index in [1.54, 1.807) is 0 Å². The Morgan fingerprint density at radius 1 is 0.848 bits per heavy atom. The molecule has 1 rings (SSSR count). The van der Waals surface area contributed by atoms with Crippen molar-refractivity contribution in [3.8, 4) is 0 Å². The second-order valence-electron chi connectivity index (χ2n) is 7.85. The van der Waals surface area contributed by atoms with Crippen molar-refractivity contribution in [1.82, 2.24) is 10.6 Å². The summed E-state index contributed by atoms with van der Waals surface area (Å²) in [6.45, 7) is 4.47. The zero-order valence-corrected chi connectivity index (χ0v) is 16.8.